The van der Waals surface area contributed by atoms with Gasteiger partial charge in [-0.2, -0.15) is 0 Å². The number of carbonyl (C=O) groups is 1. The Kier molecular flexibility index (Phi) is 5.27. The van der Waals surface area contributed by atoms with Gasteiger partial charge >= 0.3 is 0 Å². The van der Waals surface area contributed by atoms with Crippen LogP contribution in [0.4, 0.5) is 0 Å². The van der Waals surface area contributed by atoms with Gasteiger partial charge in [-0.1, -0.05) is 19.4 Å². The zero-order valence-corrected chi connectivity index (χ0v) is 20.4. The van der Waals surface area contributed by atoms with Crippen LogP contribution in [0.5, 0.6) is 11.5 Å². The number of rotatable bonds is 7. The van der Waals surface area contributed by atoms with Crippen molar-refractivity contribution in [2.75, 3.05) is 20.1 Å². The number of likely N-dealkylation sites (tertiary alicyclic amines) is 1. The van der Waals surface area contributed by atoms with Gasteiger partial charge in [0.2, 0.25) is 5.91 Å². The number of phenolic OH excluding ortho intramolecular Hbond substituents is 1. The van der Waals surface area contributed by atoms with Crippen LogP contribution in [0.1, 0.15) is 55.7 Å². The van der Waals surface area contributed by atoms with E-state index in [0.717, 1.165) is 48.5 Å². The number of carbonyl (C=O) groups excluding carboxylic acids is 1. The molecular weight excluding hydrogens is 444 g/mol. The zero-order chi connectivity index (χ0) is 24.4. The third-order valence-electron chi connectivity index (χ3n) is 8.77. The molecule has 1 spiro atoms. The molecule has 2 aliphatic carbocycles. The van der Waals surface area contributed by atoms with E-state index in [-0.39, 0.29) is 17.7 Å². The van der Waals surface area contributed by atoms with Crippen LogP contribution in [0.3, 0.4) is 0 Å². The zero-order valence-electron chi connectivity index (χ0n) is 20.4. The van der Waals surface area contributed by atoms with Crippen molar-refractivity contribution in [2.45, 2.75) is 68.7 Å². The summed E-state index contributed by atoms with van der Waals surface area (Å²) in [6, 6.07) is 5.41. The molecule has 0 unspecified atom stereocenters. The number of nitrogens with zero attached hydrogens (tertiary/aromatic N) is 2. The second-order valence-corrected chi connectivity index (χ2v) is 10.8. The lowest BCUT2D eigenvalue weighted by Crippen LogP contribution is -2.75. The number of phenols is 1. The van der Waals surface area contributed by atoms with Crippen molar-refractivity contribution in [3.8, 4) is 11.5 Å². The fourth-order valence-electron chi connectivity index (χ4n) is 7.00. The van der Waals surface area contributed by atoms with Gasteiger partial charge < -0.3 is 24.3 Å². The smallest absolute Gasteiger partial charge is 0.249 e. The molecule has 2 aliphatic heterocycles. The van der Waals surface area contributed by atoms with E-state index in [1.807, 2.05) is 6.07 Å². The fraction of sp³-hybridized carbons (Fsp3) is 0.536. The minimum atomic E-state index is -1.07. The van der Waals surface area contributed by atoms with Crippen molar-refractivity contribution in [3.05, 3.63) is 53.5 Å². The summed E-state index contributed by atoms with van der Waals surface area (Å²) in [4.78, 5) is 17.4. The standard InChI is InChI=1S/C28H34N2O5/c1-3-11-28(33)22-15-20-7-8-21(31)25-24(20)27(28,12-13-30(22)16-18-4-5-18)26(35-25)29(2)23(32)9-6-19-10-14-34-17-19/h6-10,14,17-18,22,26,31,33H,3-5,11-13,15-16H2,1-2H3/b9-6+/t22-,26-,27+,28-/m1/s1. The van der Waals surface area contributed by atoms with E-state index in [2.05, 4.69) is 11.8 Å². The molecule has 186 valence electrons. The first-order valence-electron chi connectivity index (χ1n) is 12.8. The molecule has 35 heavy (non-hydrogen) atoms. The maximum absolute atomic E-state index is 13.3. The highest BCUT2D eigenvalue weighted by molar-refractivity contribution is 5.92. The molecule has 2 N–H and O–H groups in total. The van der Waals surface area contributed by atoms with Crippen LogP contribution in [-0.4, -0.2) is 63.9 Å². The molecule has 4 atom stereocenters. The Balaban J connectivity index is 1.44. The molecule has 1 aromatic heterocycles. The average Bonchev–Trinajstić information content (AvgIpc) is 3.36. The number of benzene rings is 1. The largest absolute Gasteiger partial charge is 0.504 e. The Bertz CT molecular complexity index is 1160. The Morgan fingerprint density at radius 1 is 1.31 bits per heavy atom. The van der Waals surface area contributed by atoms with Gasteiger partial charge in [-0.05, 0) is 68.3 Å². The van der Waals surface area contributed by atoms with Crippen molar-refractivity contribution in [2.24, 2.45) is 5.92 Å². The summed E-state index contributed by atoms with van der Waals surface area (Å²) >= 11 is 0. The molecule has 0 radical (unpaired) electrons. The van der Waals surface area contributed by atoms with Gasteiger partial charge in [-0.3, -0.25) is 9.69 Å². The molecule has 1 saturated carbocycles. The lowest BCUT2D eigenvalue weighted by Gasteiger charge is -2.61. The normalized spacial score (nSPS) is 31.4. The van der Waals surface area contributed by atoms with Crippen LogP contribution in [0, 0.1) is 5.92 Å². The van der Waals surface area contributed by atoms with Crippen LogP contribution < -0.4 is 4.74 Å². The molecule has 4 aliphatic rings. The maximum atomic E-state index is 13.3. The second-order valence-electron chi connectivity index (χ2n) is 10.8. The SMILES string of the molecule is CCC[C@@]1(O)[C@H]2Cc3ccc(O)c4c3[C@@]1(CCN2CC1CC1)[C@H](N(C)C(=O)/C=C/c1ccoc1)O4. The van der Waals surface area contributed by atoms with Gasteiger partial charge in [0.1, 0.15) is 0 Å². The highest BCUT2D eigenvalue weighted by Crippen LogP contribution is 2.63. The van der Waals surface area contributed by atoms with Crippen molar-refractivity contribution in [1.29, 1.82) is 0 Å². The van der Waals surface area contributed by atoms with Gasteiger partial charge in [0, 0.05) is 36.8 Å². The van der Waals surface area contributed by atoms with Crippen molar-refractivity contribution in [1.82, 2.24) is 9.80 Å². The first-order valence-corrected chi connectivity index (χ1v) is 12.8. The second kappa shape index (κ2) is 8.14. The Morgan fingerprint density at radius 3 is 2.86 bits per heavy atom. The minimum Gasteiger partial charge on any atom is -0.504 e. The van der Waals surface area contributed by atoms with E-state index >= 15 is 0 Å². The summed E-state index contributed by atoms with van der Waals surface area (Å²) in [5, 5.41) is 23.5. The summed E-state index contributed by atoms with van der Waals surface area (Å²) in [7, 11) is 1.73. The summed E-state index contributed by atoms with van der Waals surface area (Å²) in [5.74, 6) is 0.994. The molecular formula is C28H34N2O5. The van der Waals surface area contributed by atoms with Gasteiger partial charge in [0.05, 0.1) is 23.5 Å². The van der Waals surface area contributed by atoms with Gasteiger partial charge in [-0.15, -0.1) is 0 Å². The first-order chi connectivity index (χ1) is 16.9. The van der Waals surface area contributed by atoms with E-state index in [4.69, 9.17) is 9.15 Å². The summed E-state index contributed by atoms with van der Waals surface area (Å²) in [6.07, 6.45) is 11.0. The number of fused-ring (bicyclic) bond motifs is 1. The summed E-state index contributed by atoms with van der Waals surface area (Å²) in [6.45, 7) is 3.96. The summed E-state index contributed by atoms with van der Waals surface area (Å²) < 4.78 is 11.6. The fourth-order valence-corrected chi connectivity index (χ4v) is 7.00. The number of aliphatic hydroxyl groups is 1. The van der Waals surface area contributed by atoms with E-state index in [9.17, 15) is 15.0 Å². The molecule has 2 bridgehead atoms. The van der Waals surface area contributed by atoms with Gasteiger partial charge in [0.15, 0.2) is 17.7 Å². The van der Waals surface area contributed by atoms with Crippen molar-refractivity contribution < 1.29 is 24.2 Å². The van der Waals surface area contributed by atoms with Gasteiger partial charge in [-0.25, -0.2) is 0 Å². The maximum Gasteiger partial charge on any atom is 0.249 e. The van der Waals surface area contributed by atoms with E-state index in [1.54, 1.807) is 42.7 Å². The number of amides is 1. The Labute approximate surface area is 206 Å². The number of hydrogen-bond acceptors (Lipinski definition) is 6. The molecule has 1 amide bonds. The number of hydrogen-bond donors (Lipinski definition) is 2. The molecule has 1 aromatic carbocycles. The number of furan rings is 1. The molecule has 2 aromatic rings. The molecule has 6 rings (SSSR count). The Hall–Kier alpha value is -2.77. The lowest BCUT2D eigenvalue weighted by atomic mass is 9.52. The number of aromatic hydroxyl groups is 1. The molecule has 7 nitrogen and oxygen atoms in total. The first kappa shape index (κ1) is 22.7. The van der Waals surface area contributed by atoms with Crippen LogP contribution in [0.15, 0.2) is 41.2 Å². The third kappa shape index (κ3) is 3.28. The minimum absolute atomic E-state index is 0.0455. The number of likely N-dealkylation sites (N-methyl/N-ethyl adjacent to an activating group) is 1. The predicted molar refractivity (Wildman–Crippen MR) is 131 cm³/mol. The number of piperidine rings is 1. The van der Waals surface area contributed by atoms with E-state index in [0.29, 0.717) is 18.6 Å². The Morgan fingerprint density at radius 2 is 2.14 bits per heavy atom. The van der Waals surface area contributed by atoms with Crippen LogP contribution in [0.25, 0.3) is 6.08 Å². The average molecular weight is 479 g/mol. The topological polar surface area (TPSA) is 86.4 Å². The highest BCUT2D eigenvalue weighted by Gasteiger charge is 2.71. The molecule has 3 heterocycles. The number of ether oxygens (including phenoxy) is 1. The van der Waals surface area contributed by atoms with E-state index in [1.165, 1.54) is 18.9 Å². The van der Waals surface area contributed by atoms with Crippen LogP contribution in [0.2, 0.25) is 0 Å². The van der Waals surface area contributed by atoms with Crippen molar-refractivity contribution in [3.63, 3.8) is 0 Å². The monoisotopic (exact) mass is 478 g/mol. The highest BCUT2D eigenvalue weighted by atomic mass is 16.5. The van der Waals surface area contributed by atoms with Gasteiger partial charge in [0.25, 0.3) is 0 Å². The summed E-state index contributed by atoms with van der Waals surface area (Å²) in [5.41, 5.74) is 0.937. The molecule has 1 saturated heterocycles. The lowest BCUT2D eigenvalue weighted by molar-refractivity contribution is -0.192. The third-order valence-corrected chi connectivity index (χ3v) is 8.77. The van der Waals surface area contributed by atoms with Crippen LogP contribution >= 0.6 is 0 Å². The molecule has 7 heteroatoms. The van der Waals surface area contributed by atoms with Crippen LogP contribution in [-0.2, 0) is 16.6 Å². The van der Waals surface area contributed by atoms with Crippen molar-refractivity contribution >= 4 is 12.0 Å². The quantitative estimate of drug-likeness (QED) is 0.591. The predicted octanol–water partition coefficient (Wildman–Crippen LogP) is 3.68. The van der Waals surface area contributed by atoms with E-state index < -0.39 is 17.2 Å². The molecule has 2 fully saturated rings.